The number of aromatic amines is 1. The van der Waals surface area contributed by atoms with E-state index in [1.807, 2.05) is 49.4 Å². The predicted molar refractivity (Wildman–Crippen MR) is 154 cm³/mol. The van der Waals surface area contributed by atoms with Crippen molar-refractivity contribution < 1.29 is 4.74 Å². The van der Waals surface area contributed by atoms with E-state index in [9.17, 15) is 9.59 Å². The Morgan fingerprint density at radius 2 is 1.75 bits per heavy atom. The van der Waals surface area contributed by atoms with Gasteiger partial charge in [0, 0.05) is 35.0 Å². The molecule has 0 saturated heterocycles. The molecule has 0 unspecified atom stereocenters. The van der Waals surface area contributed by atoms with Crippen molar-refractivity contribution in [3.8, 4) is 22.8 Å². The van der Waals surface area contributed by atoms with E-state index in [0.29, 0.717) is 61.2 Å². The number of nitrogens with one attached hydrogen (secondary N) is 2. The Morgan fingerprint density at radius 3 is 2.55 bits per heavy atom. The highest BCUT2D eigenvalue weighted by Gasteiger charge is 2.24. The molecular formula is C29H22ClN7O3. The van der Waals surface area contributed by atoms with Crippen molar-refractivity contribution >= 4 is 39.2 Å². The molecule has 0 aliphatic heterocycles. The van der Waals surface area contributed by atoms with Crippen LogP contribution < -0.4 is 21.0 Å². The molecule has 0 aliphatic carbocycles. The van der Waals surface area contributed by atoms with Crippen LogP contribution in [0.5, 0.6) is 5.88 Å². The molecule has 40 heavy (non-hydrogen) atoms. The van der Waals surface area contributed by atoms with Gasteiger partial charge in [-0.25, -0.2) is 19.9 Å². The summed E-state index contributed by atoms with van der Waals surface area (Å²) in [6, 6.07) is 17.2. The first kappa shape index (κ1) is 25.2. The number of anilines is 1. The van der Waals surface area contributed by atoms with E-state index in [1.54, 1.807) is 16.7 Å². The fourth-order valence-corrected chi connectivity index (χ4v) is 5.25. The number of para-hydroxylation sites is 1. The highest BCUT2D eigenvalue weighted by atomic mass is 35.5. The van der Waals surface area contributed by atoms with Crippen molar-refractivity contribution in [2.45, 2.75) is 13.0 Å². The Kier molecular flexibility index (Phi) is 6.45. The number of methoxy groups -OCH3 is 1. The lowest BCUT2D eigenvalue weighted by molar-refractivity contribution is 0.397. The molecule has 0 saturated carbocycles. The van der Waals surface area contributed by atoms with E-state index in [-0.39, 0.29) is 11.0 Å². The summed E-state index contributed by atoms with van der Waals surface area (Å²) in [7, 11) is 1.52. The van der Waals surface area contributed by atoms with Crippen LogP contribution >= 0.6 is 11.6 Å². The Balaban J connectivity index is 1.62. The summed E-state index contributed by atoms with van der Waals surface area (Å²) in [6.07, 6.45) is 4.28. The Hall–Kier alpha value is -5.09. The molecule has 0 bridgehead atoms. The van der Waals surface area contributed by atoms with Gasteiger partial charge in [0.2, 0.25) is 5.88 Å². The number of fused-ring (bicyclic) bond motifs is 2. The molecule has 4 aromatic heterocycles. The molecule has 6 aromatic rings. The van der Waals surface area contributed by atoms with Gasteiger partial charge >= 0.3 is 0 Å². The Bertz CT molecular complexity index is 2000. The van der Waals surface area contributed by atoms with Crippen molar-refractivity contribution in [1.29, 1.82) is 0 Å². The third-order valence-electron chi connectivity index (χ3n) is 6.64. The number of H-pyrrole nitrogens is 1. The lowest BCUT2D eigenvalue weighted by Crippen LogP contribution is -2.27. The molecule has 4 heterocycles. The van der Waals surface area contributed by atoms with Gasteiger partial charge < -0.3 is 15.0 Å². The van der Waals surface area contributed by atoms with Crippen LogP contribution in [0.4, 0.5) is 5.82 Å². The first-order valence-electron chi connectivity index (χ1n) is 12.4. The smallest absolute Gasteiger partial charge is 0.264 e. The molecule has 11 heteroatoms. The van der Waals surface area contributed by atoms with Crippen LogP contribution in [0.2, 0.25) is 5.02 Å². The van der Waals surface area contributed by atoms with Crippen LogP contribution in [-0.4, -0.2) is 36.6 Å². The molecule has 2 aromatic carbocycles. The number of pyridine rings is 2. The minimum atomic E-state index is -0.551. The van der Waals surface area contributed by atoms with Crippen LogP contribution in [0, 0.1) is 0 Å². The third kappa shape index (κ3) is 4.24. The number of halogens is 1. The van der Waals surface area contributed by atoms with E-state index < -0.39 is 6.04 Å². The fraction of sp³-hybridized carbons (Fsp3) is 0.103. The molecule has 6 rings (SSSR count). The minimum absolute atomic E-state index is 0.237. The summed E-state index contributed by atoms with van der Waals surface area (Å²) in [6.45, 7) is 1.86. The topological polar surface area (TPSA) is 128 Å². The van der Waals surface area contributed by atoms with Crippen molar-refractivity contribution in [3.63, 3.8) is 0 Å². The molecule has 0 fully saturated rings. The second kappa shape index (κ2) is 10.2. The fourth-order valence-electron chi connectivity index (χ4n) is 4.84. The summed E-state index contributed by atoms with van der Waals surface area (Å²) in [4.78, 5) is 47.0. The second-order valence-electron chi connectivity index (χ2n) is 9.00. The van der Waals surface area contributed by atoms with Crippen LogP contribution in [0.15, 0.2) is 89.1 Å². The average Bonchev–Trinajstić information content (AvgIpc) is 2.99. The summed E-state index contributed by atoms with van der Waals surface area (Å²) in [5.74, 6) is 0.697. The van der Waals surface area contributed by atoms with E-state index >= 15 is 0 Å². The lowest BCUT2D eigenvalue weighted by Gasteiger charge is -2.24. The van der Waals surface area contributed by atoms with Crippen molar-refractivity contribution in [1.82, 2.24) is 29.5 Å². The molecule has 1 atom stereocenters. The molecule has 2 N–H and O–H groups in total. The van der Waals surface area contributed by atoms with Gasteiger partial charge in [-0.05, 0) is 19.1 Å². The SMILES string of the molecule is COc1cc(-c2cccc3c(Cl)c([C@H](C)Nc4ncnc5[nH]ccc(=O)c45)n(-c4ccccc4)c(=O)c23)ncn1. The van der Waals surface area contributed by atoms with Gasteiger partial charge in [0.25, 0.3) is 5.56 Å². The van der Waals surface area contributed by atoms with Crippen LogP contribution in [0.1, 0.15) is 18.7 Å². The van der Waals surface area contributed by atoms with Gasteiger partial charge in [-0.1, -0.05) is 48.0 Å². The van der Waals surface area contributed by atoms with Gasteiger partial charge in [-0.2, -0.15) is 0 Å². The second-order valence-corrected chi connectivity index (χ2v) is 9.38. The number of hydrogen-bond acceptors (Lipinski definition) is 8. The summed E-state index contributed by atoms with van der Waals surface area (Å²) in [5, 5.41) is 4.93. The van der Waals surface area contributed by atoms with Crippen LogP contribution in [0.3, 0.4) is 0 Å². The van der Waals surface area contributed by atoms with Gasteiger partial charge in [-0.3, -0.25) is 14.2 Å². The highest BCUT2D eigenvalue weighted by Crippen LogP contribution is 2.36. The number of aromatic nitrogens is 6. The standard InChI is InChI=1S/C29H22ClN7O3/c1-16(36-28-24-21(38)11-12-31-27(24)34-15-35-28)26-25(30)19-10-6-9-18(20-13-22(40-2)33-14-32-20)23(19)29(39)37(26)17-7-4-3-5-8-17/h3-16H,1-2H3,(H2,31,34,35,36,38)/t16-/m0/s1. The summed E-state index contributed by atoms with van der Waals surface area (Å²) >= 11 is 7.14. The number of benzene rings is 2. The zero-order valence-electron chi connectivity index (χ0n) is 21.4. The molecule has 0 amide bonds. The number of ether oxygens (including phenoxy) is 1. The molecular weight excluding hydrogens is 530 g/mol. The van der Waals surface area contributed by atoms with Crippen molar-refractivity contribution in [2.75, 3.05) is 12.4 Å². The molecule has 0 radical (unpaired) electrons. The Labute approximate surface area is 232 Å². The van der Waals surface area contributed by atoms with E-state index in [2.05, 4.69) is 30.2 Å². The Morgan fingerprint density at radius 1 is 0.950 bits per heavy atom. The van der Waals surface area contributed by atoms with Crippen LogP contribution in [-0.2, 0) is 0 Å². The van der Waals surface area contributed by atoms with E-state index in [4.69, 9.17) is 16.3 Å². The van der Waals surface area contributed by atoms with Crippen LogP contribution in [0.25, 0.3) is 38.8 Å². The first-order valence-corrected chi connectivity index (χ1v) is 12.7. The maximum absolute atomic E-state index is 14.4. The van der Waals surface area contributed by atoms with E-state index in [1.165, 1.54) is 32.0 Å². The highest BCUT2D eigenvalue weighted by molar-refractivity contribution is 6.36. The predicted octanol–water partition coefficient (Wildman–Crippen LogP) is 4.91. The number of nitrogens with zero attached hydrogens (tertiary/aromatic N) is 5. The van der Waals surface area contributed by atoms with Gasteiger partial charge in [0.15, 0.2) is 5.43 Å². The normalized spacial score (nSPS) is 12.0. The van der Waals surface area contributed by atoms with Gasteiger partial charge in [-0.15, -0.1) is 0 Å². The summed E-state index contributed by atoms with van der Waals surface area (Å²) < 4.78 is 6.86. The maximum atomic E-state index is 14.4. The number of rotatable bonds is 6. The van der Waals surface area contributed by atoms with Gasteiger partial charge in [0.1, 0.15) is 29.5 Å². The van der Waals surface area contributed by atoms with E-state index in [0.717, 1.165) is 0 Å². The maximum Gasteiger partial charge on any atom is 0.264 e. The molecule has 0 aliphatic rings. The zero-order valence-corrected chi connectivity index (χ0v) is 22.2. The molecule has 0 spiro atoms. The largest absolute Gasteiger partial charge is 0.481 e. The van der Waals surface area contributed by atoms with Crippen molar-refractivity contribution in [2.24, 2.45) is 0 Å². The molecule has 198 valence electrons. The number of hydrogen-bond donors (Lipinski definition) is 2. The average molecular weight is 552 g/mol. The minimum Gasteiger partial charge on any atom is -0.481 e. The van der Waals surface area contributed by atoms with Gasteiger partial charge in [0.05, 0.1) is 34.9 Å². The monoisotopic (exact) mass is 551 g/mol. The lowest BCUT2D eigenvalue weighted by atomic mass is 10.0. The summed E-state index contributed by atoms with van der Waals surface area (Å²) in [5.41, 5.74) is 2.12. The molecule has 10 nitrogen and oxygen atoms in total. The zero-order chi connectivity index (χ0) is 27.8. The third-order valence-corrected chi connectivity index (χ3v) is 7.03. The first-order chi connectivity index (χ1) is 19.5. The van der Waals surface area contributed by atoms with Crippen molar-refractivity contribution in [3.05, 3.63) is 111 Å². The quantitative estimate of drug-likeness (QED) is 0.299.